The normalized spacial score (nSPS) is 14.4. The molecule has 4 heterocycles. The Labute approximate surface area is 157 Å². The Hall–Kier alpha value is -3.22. The van der Waals surface area contributed by atoms with E-state index < -0.39 is 0 Å². The van der Waals surface area contributed by atoms with Crippen LogP contribution in [0.5, 0.6) is 0 Å². The fourth-order valence-corrected chi connectivity index (χ4v) is 3.57. The third-order valence-electron chi connectivity index (χ3n) is 5.32. The minimum absolute atomic E-state index is 0.481. The van der Waals surface area contributed by atoms with Gasteiger partial charge in [-0.05, 0) is 37.8 Å². The van der Waals surface area contributed by atoms with Crippen molar-refractivity contribution in [3.8, 4) is 22.8 Å². The van der Waals surface area contributed by atoms with Gasteiger partial charge in [-0.1, -0.05) is 6.07 Å². The van der Waals surface area contributed by atoms with E-state index in [4.69, 9.17) is 10.1 Å². The van der Waals surface area contributed by atoms with Crippen molar-refractivity contribution in [1.29, 1.82) is 0 Å². The summed E-state index contributed by atoms with van der Waals surface area (Å²) in [5.41, 5.74) is 4.36. The number of nitrogens with zero attached hydrogens (tertiary/aromatic N) is 6. The van der Waals surface area contributed by atoms with E-state index in [-0.39, 0.29) is 0 Å². The first-order valence-corrected chi connectivity index (χ1v) is 9.25. The van der Waals surface area contributed by atoms with Crippen molar-refractivity contribution in [2.45, 2.75) is 32.2 Å². The van der Waals surface area contributed by atoms with E-state index in [1.165, 1.54) is 19.3 Å². The summed E-state index contributed by atoms with van der Waals surface area (Å²) in [5, 5.41) is 8.38. The number of anilines is 1. The Kier molecular flexibility index (Phi) is 3.67. The van der Waals surface area contributed by atoms with Gasteiger partial charge in [0.25, 0.3) is 0 Å². The monoisotopic (exact) mass is 359 g/mol. The molecule has 7 nitrogen and oxygen atoms in total. The highest BCUT2D eigenvalue weighted by Crippen LogP contribution is 2.33. The number of fused-ring (bicyclic) bond motifs is 1. The molecule has 0 aliphatic heterocycles. The van der Waals surface area contributed by atoms with E-state index in [2.05, 4.69) is 34.5 Å². The van der Waals surface area contributed by atoms with Crippen molar-refractivity contribution in [2.75, 3.05) is 5.32 Å². The van der Waals surface area contributed by atoms with Crippen LogP contribution in [0.1, 0.15) is 24.8 Å². The van der Waals surface area contributed by atoms with Gasteiger partial charge in [0, 0.05) is 55.2 Å². The lowest BCUT2D eigenvalue weighted by molar-refractivity contribution is 0.444. The molecule has 0 aromatic carbocycles. The zero-order chi connectivity index (χ0) is 18.4. The van der Waals surface area contributed by atoms with Crippen LogP contribution >= 0.6 is 0 Å². The molecule has 0 amide bonds. The number of aryl methyl sites for hydroxylation is 2. The molecule has 0 unspecified atom stereocenters. The Morgan fingerprint density at radius 3 is 2.78 bits per heavy atom. The van der Waals surface area contributed by atoms with Crippen LogP contribution in [0.4, 0.5) is 5.82 Å². The third-order valence-corrected chi connectivity index (χ3v) is 5.32. The van der Waals surface area contributed by atoms with Gasteiger partial charge in [-0.2, -0.15) is 0 Å². The maximum Gasteiger partial charge on any atom is 0.218 e. The lowest BCUT2D eigenvalue weighted by atomic mass is 9.93. The summed E-state index contributed by atoms with van der Waals surface area (Å²) in [6, 6.07) is 4.50. The van der Waals surface area contributed by atoms with Gasteiger partial charge < -0.3 is 9.88 Å². The van der Waals surface area contributed by atoms with Crippen LogP contribution in [0.15, 0.2) is 43.1 Å². The van der Waals surface area contributed by atoms with Crippen LogP contribution in [0.2, 0.25) is 0 Å². The number of hydrogen-bond acceptors (Lipinski definition) is 5. The van der Waals surface area contributed by atoms with Crippen molar-refractivity contribution >= 4 is 11.3 Å². The Bertz CT molecular complexity index is 1110. The summed E-state index contributed by atoms with van der Waals surface area (Å²) in [7, 11) is 1.96. The number of imidazole rings is 1. The molecular formula is C20H21N7. The minimum atomic E-state index is 0.481. The molecule has 1 N–H and O–H groups in total. The van der Waals surface area contributed by atoms with E-state index in [0.717, 1.165) is 33.8 Å². The molecule has 136 valence electrons. The molecule has 7 heteroatoms. The number of hydrogen-bond donors (Lipinski definition) is 1. The predicted octanol–water partition coefficient (Wildman–Crippen LogP) is 3.46. The molecular weight excluding hydrogens is 338 g/mol. The molecule has 0 atom stereocenters. The zero-order valence-electron chi connectivity index (χ0n) is 15.4. The molecule has 0 bridgehead atoms. The van der Waals surface area contributed by atoms with Crippen LogP contribution in [0.25, 0.3) is 28.3 Å². The average molecular weight is 359 g/mol. The minimum Gasteiger partial charge on any atom is -0.365 e. The van der Waals surface area contributed by atoms with Crippen molar-refractivity contribution < 1.29 is 0 Å². The summed E-state index contributed by atoms with van der Waals surface area (Å²) in [4.78, 5) is 13.5. The molecule has 0 radical (unpaired) electrons. The van der Waals surface area contributed by atoms with Gasteiger partial charge in [-0.15, -0.1) is 5.10 Å². The second-order valence-corrected chi connectivity index (χ2v) is 7.12. The van der Waals surface area contributed by atoms with Crippen LogP contribution in [-0.4, -0.2) is 35.2 Å². The third kappa shape index (κ3) is 2.66. The van der Waals surface area contributed by atoms with Gasteiger partial charge in [0.1, 0.15) is 5.52 Å². The largest absolute Gasteiger partial charge is 0.365 e. The van der Waals surface area contributed by atoms with Gasteiger partial charge in [0.2, 0.25) is 5.82 Å². The van der Waals surface area contributed by atoms with E-state index >= 15 is 0 Å². The van der Waals surface area contributed by atoms with Crippen molar-refractivity contribution in [2.24, 2.45) is 7.05 Å². The highest BCUT2D eigenvalue weighted by atomic mass is 15.3. The Balaban J connectivity index is 1.72. The highest BCUT2D eigenvalue weighted by molar-refractivity contribution is 5.83. The summed E-state index contributed by atoms with van der Waals surface area (Å²) in [6.45, 7) is 2.12. The Morgan fingerprint density at radius 2 is 2.11 bits per heavy atom. The fourth-order valence-electron chi connectivity index (χ4n) is 3.57. The number of pyridine rings is 1. The van der Waals surface area contributed by atoms with Gasteiger partial charge in [-0.25, -0.2) is 14.5 Å². The topological polar surface area (TPSA) is 72.9 Å². The molecule has 1 aliphatic carbocycles. The maximum atomic E-state index is 4.85. The first-order valence-electron chi connectivity index (χ1n) is 9.25. The number of aromatic nitrogens is 6. The molecule has 1 aliphatic rings. The van der Waals surface area contributed by atoms with E-state index in [0.29, 0.717) is 11.9 Å². The zero-order valence-corrected chi connectivity index (χ0v) is 15.4. The molecule has 0 saturated heterocycles. The van der Waals surface area contributed by atoms with E-state index in [9.17, 15) is 0 Å². The molecule has 5 rings (SSSR count). The van der Waals surface area contributed by atoms with Crippen LogP contribution in [-0.2, 0) is 7.05 Å². The summed E-state index contributed by atoms with van der Waals surface area (Å²) in [5.74, 6) is 2.24. The Morgan fingerprint density at radius 1 is 1.22 bits per heavy atom. The van der Waals surface area contributed by atoms with Gasteiger partial charge in [-0.3, -0.25) is 4.98 Å². The van der Waals surface area contributed by atoms with E-state index in [1.807, 2.05) is 34.6 Å². The van der Waals surface area contributed by atoms with Crippen LogP contribution < -0.4 is 5.32 Å². The molecule has 0 spiro atoms. The highest BCUT2D eigenvalue weighted by Gasteiger charge is 2.23. The molecule has 4 aromatic heterocycles. The van der Waals surface area contributed by atoms with Crippen molar-refractivity contribution in [3.05, 3.63) is 48.7 Å². The molecule has 1 saturated carbocycles. The SMILES string of the molecule is Cc1c(-c2cccnc2)cn2nc(-c3nccn3C)nc(NC3CCC3)c12. The molecule has 1 fully saturated rings. The van der Waals surface area contributed by atoms with Crippen LogP contribution in [0, 0.1) is 6.92 Å². The van der Waals surface area contributed by atoms with Gasteiger partial charge in [0.05, 0.1) is 0 Å². The number of rotatable bonds is 4. The molecule has 4 aromatic rings. The quantitative estimate of drug-likeness (QED) is 0.604. The van der Waals surface area contributed by atoms with E-state index in [1.54, 1.807) is 12.4 Å². The average Bonchev–Trinajstić information content (AvgIpc) is 3.22. The fraction of sp³-hybridized carbons (Fsp3) is 0.300. The van der Waals surface area contributed by atoms with Gasteiger partial charge >= 0.3 is 0 Å². The first-order chi connectivity index (χ1) is 13.2. The first kappa shape index (κ1) is 16.0. The second-order valence-electron chi connectivity index (χ2n) is 7.12. The lowest BCUT2D eigenvalue weighted by Crippen LogP contribution is -2.28. The second kappa shape index (κ2) is 6.19. The summed E-state index contributed by atoms with van der Waals surface area (Å²) in [6.07, 6.45) is 13.0. The van der Waals surface area contributed by atoms with Gasteiger partial charge in [0.15, 0.2) is 11.6 Å². The predicted molar refractivity (Wildman–Crippen MR) is 104 cm³/mol. The summed E-state index contributed by atoms with van der Waals surface area (Å²) >= 11 is 0. The lowest BCUT2D eigenvalue weighted by Gasteiger charge is -2.27. The summed E-state index contributed by atoms with van der Waals surface area (Å²) < 4.78 is 3.86. The standard InChI is InChI=1S/C20H21N7/c1-13-16(14-5-4-8-21-11-14)12-27-17(13)18(23-15-6-3-7-15)24-19(25-27)20-22-9-10-26(20)2/h4-5,8-12,15H,3,6-7H2,1-2H3,(H,23,24,25). The maximum absolute atomic E-state index is 4.85. The van der Waals surface area contributed by atoms with Crippen molar-refractivity contribution in [1.82, 2.24) is 29.1 Å². The molecule has 27 heavy (non-hydrogen) atoms. The van der Waals surface area contributed by atoms with Crippen molar-refractivity contribution in [3.63, 3.8) is 0 Å². The van der Waals surface area contributed by atoms with Crippen LogP contribution in [0.3, 0.4) is 0 Å². The smallest absolute Gasteiger partial charge is 0.218 e. The number of nitrogens with one attached hydrogen (secondary N) is 1.